The number of pyridine rings is 1. The van der Waals surface area contributed by atoms with Crippen molar-refractivity contribution in [2.24, 2.45) is 4.99 Å². The second kappa shape index (κ2) is 8.87. The quantitative estimate of drug-likeness (QED) is 0.173. The average Bonchev–Trinajstić information content (AvgIpc) is 2.61. The molecule has 0 radical (unpaired) electrons. The Hall–Kier alpha value is -2.05. The Balaban J connectivity index is 2.43. The van der Waals surface area contributed by atoms with E-state index in [1.54, 1.807) is 22.8 Å². The van der Waals surface area contributed by atoms with Gasteiger partial charge in [0.1, 0.15) is 0 Å². The zero-order chi connectivity index (χ0) is 18.4. The van der Waals surface area contributed by atoms with E-state index in [-0.39, 0.29) is 5.78 Å². The van der Waals surface area contributed by atoms with Crippen LogP contribution in [0.4, 0.5) is 5.69 Å². The average molecular weight is 418 g/mol. The molecule has 25 heavy (non-hydrogen) atoms. The number of Topliss-reactive ketones (excluding diaryl/α,β-unsaturated/α-hetero) is 1. The molecule has 1 atom stereocenters. The zero-order valence-electron chi connectivity index (χ0n) is 14.2. The van der Waals surface area contributed by atoms with Crippen LogP contribution >= 0.6 is 15.9 Å². The number of anilines is 1. The maximum Gasteiger partial charge on any atom is 0.237 e. The normalized spacial score (nSPS) is 12.5. The molecule has 0 bridgehead atoms. The first-order valence-corrected chi connectivity index (χ1v) is 8.94. The van der Waals surface area contributed by atoms with E-state index in [2.05, 4.69) is 27.5 Å². The third-order valence-electron chi connectivity index (χ3n) is 3.64. The number of halogens is 1. The van der Waals surface area contributed by atoms with E-state index in [0.29, 0.717) is 17.2 Å². The lowest BCUT2D eigenvalue weighted by atomic mass is 10.0. The van der Waals surface area contributed by atoms with Crippen LogP contribution in [0.2, 0.25) is 0 Å². The number of aliphatic imine (C=N–C) groups is 1. The molecular weight excluding hydrogens is 398 g/mol. The highest BCUT2D eigenvalue weighted by Crippen LogP contribution is 2.16. The third-order valence-corrected chi connectivity index (χ3v) is 4.52. The Bertz CT molecular complexity index is 770. The van der Waals surface area contributed by atoms with Crippen LogP contribution in [0.25, 0.3) is 0 Å². The topological polar surface area (TPSA) is 36.6 Å². The summed E-state index contributed by atoms with van der Waals surface area (Å²) in [6.45, 7) is 4.04. The Morgan fingerprint density at radius 3 is 2.40 bits per heavy atom. The maximum atomic E-state index is 13.1. The standard InChI is InChI=1S/C19H20BrN3OS/c1-4-11-21-19(25)17(18(24)14-5-7-15(20)8-6-14)23-12-9-16(10-13-23)22(2)3/h4-10,12-13,17H,1,11H2,2-3H3/t17-/m1/s1. The minimum absolute atomic E-state index is 0.0899. The van der Waals surface area contributed by atoms with E-state index in [9.17, 15) is 4.79 Å². The Morgan fingerprint density at radius 1 is 1.28 bits per heavy atom. The number of carbonyl (C=O) groups excluding carboxylic acids is 1. The summed E-state index contributed by atoms with van der Waals surface area (Å²) in [5.41, 5.74) is 1.63. The summed E-state index contributed by atoms with van der Waals surface area (Å²) in [4.78, 5) is 19.3. The van der Waals surface area contributed by atoms with E-state index >= 15 is 0 Å². The van der Waals surface area contributed by atoms with Gasteiger partial charge in [-0.3, -0.25) is 4.79 Å². The van der Waals surface area contributed by atoms with Gasteiger partial charge in [0, 0.05) is 42.0 Å². The number of benzene rings is 1. The number of aromatic nitrogens is 1. The van der Waals surface area contributed by atoms with Gasteiger partial charge < -0.3 is 22.5 Å². The predicted molar refractivity (Wildman–Crippen MR) is 108 cm³/mol. The van der Waals surface area contributed by atoms with Crippen molar-refractivity contribution in [3.8, 4) is 0 Å². The van der Waals surface area contributed by atoms with Crippen LogP contribution in [-0.2, 0) is 12.6 Å². The number of rotatable bonds is 7. The molecule has 2 rings (SSSR count). The zero-order valence-corrected chi connectivity index (χ0v) is 16.6. The monoisotopic (exact) mass is 417 g/mol. The minimum atomic E-state index is -0.660. The van der Waals surface area contributed by atoms with E-state index in [1.807, 2.05) is 55.7 Å². The molecule has 6 heteroatoms. The van der Waals surface area contributed by atoms with Gasteiger partial charge in [0.25, 0.3) is 0 Å². The van der Waals surface area contributed by atoms with Gasteiger partial charge in [-0.15, -0.1) is 6.58 Å². The van der Waals surface area contributed by atoms with E-state index in [0.717, 1.165) is 10.2 Å². The van der Waals surface area contributed by atoms with Crippen molar-refractivity contribution < 1.29 is 9.36 Å². The summed E-state index contributed by atoms with van der Waals surface area (Å²) in [5.74, 6) is -0.0899. The second-order valence-electron chi connectivity index (χ2n) is 5.64. The van der Waals surface area contributed by atoms with Crippen LogP contribution < -0.4 is 9.47 Å². The van der Waals surface area contributed by atoms with Crippen molar-refractivity contribution in [1.29, 1.82) is 0 Å². The van der Waals surface area contributed by atoms with Crippen LogP contribution in [0.3, 0.4) is 0 Å². The molecule has 0 fully saturated rings. The first kappa shape index (κ1) is 19.3. The molecule has 0 aliphatic rings. The summed E-state index contributed by atoms with van der Waals surface area (Å²) in [7, 11) is 3.93. The summed E-state index contributed by atoms with van der Waals surface area (Å²) < 4.78 is 2.72. The van der Waals surface area contributed by atoms with E-state index in [1.165, 1.54) is 0 Å². The third kappa shape index (κ3) is 4.96. The van der Waals surface area contributed by atoms with Gasteiger partial charge in [0.15, 0.2) is 12.4 Å². The number of hydrogen-bond acceptors (Lipinski definition) is 4. The fourth-order valence-corrected chi connectivity index (χ4v) is 2.86. The van der Waals surface area contributed by atoms with Crippen LogP contribution in [0, 0.1) is 0 Å². The van der Waals surface area contributed by atoms with Crippen molar-refractivity contribution in [1.82, 2.24) is 0 Å². The lowest BCUT2D eigenvalue weighted by molar-refractivity contribution is -0.691. The smallest absolute Gasteiger partial charge is 0.237 e. The second-order valence-corrected chi connectivity index (χ2v) is 6.97. The summed E-state index contributed by atoms with van der Waals surface area (Å²) in [5, 5.41) is 0.343. The van der Waals surface area contributed by atoms with Crippen LogP contribution in [0.15, 0.2) is 70.9 Å². The van der Waals surface area contributed by atoms with Crippen LogP contribution in [0.5, 0.6) is 0 Å². The van der Waals surface area contributed by atoms with Gasteiger partial charge in [-0.2, -0.15) is 4.57 Å². The Labute approximate surface area is 162 Å². The number of carbonyl (C=O) groups is 1. The maximum absolute atomic E-state index is 13.1. The van der Waals surface area contributed by atoms with Crippen LogP contribution in [0.1, 0.15) is 16.4 Å². The highest BCUT2D eigenvalue weighted by Gasteiger charge is 2.28. The number of hydrogen-bond donors (Lipinski definition) is 0. The fourth-order valence-electron chi connectivity index (χ4n) is 2.29. The highest BCUT2D eigenvalue weighted by atomic mass is 79.9. The molecule has 0 spiro atoms. The molecule has 2 aromatic rings. The van der Waals surface area contributed by atoms with Gasteiger partial charge in [0.2, 0.25) is 11.8 Å². The molecule has 0 saturated heterocycles. The minimum Gasteiger partial charge on any atom is -0.758 e. The van der Waals surface area contributed by atoms with E-state index < -0.39 is 6.04 Å². The molecule has 0 unspecified atom stereocenters. The SMILES string of the molecule is C=CCN=C([S-])[C@@H](C(=O)c1ccc(Br)cc1)[n+]1ccc(N(C)C)cc1. The molecule has 0 saturated carbocycles. The van der Waals surface area contributed by atoms with Gasteiger partial charge in [0.05, 0.1) is 6.54 Å². The molecule has 1 heterocycles. The molecule has 130 valence electrons. The Kier molecular flexibility index (Phi) is 6.84. The summed E-state index contributed by atoms with van der Waals surface area (Å²) in [6.07, 6.45) is 5.37. The molecule has 0 aliphatic carbocycles. The number of ketones is 1. The van der Waals surface area contributed by atoms with Crippen LogP contribution in [-0.4, -0.2) is 31.5 Å². The summed E-state index contributed by atoms with van der Waals surface area (Å²) in [6, 6.07) is 10.5. The lowest BCUT2D eigenvalue weighted by Crippen LogP contribution is -2.47. The molecule has 1 aromatic carbocycles. The van der Waals surface area contributed by atoms with Crippen molar-refractivity contribution in [2.75, 3.05) is 25.5 Å². The highest BCUT2D eigenvalue weighted by molar-refractivity contribution is 9.10. The van der Waals surface area contributed by atoms with E-state index in [4.69, 9.17) is 12.6 Å². The first-order chi connectivity index (χ1) is 11.9. The Morgan fingerprint density at radius 2 is 1.88 bits per heavy atom. The van der Waals surface area contributed by atoms with Gasteiger partial charge in [-0.1, -0.05) is 34.1 Å². The lowest BCUT2D eigenvalue weighted by Gasteiger charge is -2.19. The van der Waals surface area contributed by atoms with Crippen molar-refractivity contribution in [2.45, 2.75) is 6.04 Å². The molecule has 4 nitrogen and oxygen atoms in total. The predicted octanol–water partition coefficient (Wildman–Crippen LogP) is 3.36. The summed E-state index contributed by atoms with van der Waals surface area (Å²) >= 11 is 8.82. The van der Waals surface area contributed by atoms with Gasteiger partial charge in [-0.05, 0) is 17.2 Å². The molecular formula is C19H20BrN3OS. The van der Waals surface area contributed by atoms with Crippen molar-refractivity contribution >= 4 is 45.1 Å². The molecule has 0 N–H and O–H groups in total. The van der Waals surface area contributed by atoms with Gasteiger partial charge >= 0.3 is 0 Å². The molecule has 1 aromatic heterocycles. The fraction of sp³-hybridized carbons (Fsp3) is 0.211. The van der Waals surface area contributed by atoms with Gasteiger partial charge in [-0.25, -0.2) is 0 Å². The van der Waals surface area contributed by atoms with Crippen molar-refractivity contribution in [3.63, 3.8) is 0 Å². The molecule has 0 amide bonds. The number of nitrogens with zero attached hydrogens (tertiary/aromatic N) is 3. The first-order valence-electron chi connectivity index (χ1n) is 7.74. The molecule has 0 aliphatic heterocycles. The largest absolute Gasteiger partial charge is 0.758 e. The van der Waals surface area contributed by atoms with Crippen molar-refractivity contribution in [3.05, 3.63) is 71.5 Å².